The van der Waals surface area contributed by atoms with Crippen LogP contribution in [0.4, 0.5) is 11.5 Å². The monoisotopic (exact) mass is 221 g/mol. The summed E-state index contributed by atoms with van der Waals surface area (Å²) in [6, 6.07) is 3.51. The number of nitrogens with one attached hydrogen (secondary N) is 2. The minimum Gasteiger partial charge on any atom is -0.481 e. The molecule has 1 aliphatic rings. The summed E-state index contributed by atoms with van der Waals surface area (Å²) in [7, 11) is 1.56. The molecule has 0 radical (unpaired) electrons. The Morgan fingerprint density at radius 3 is 2.88 bits per heavy atom. The maximum absolute atomic E-state index is 11.8. The van der Waals surface area contributed by atoms with Gasteiger partial charge in [-0.3, -0.25) is 4.79 Å². The largest absolute Gasteiger partial charge is 0.481 e. The van der Waals surface area contributed by atoms with Gasteiger partial charge in [0, 0.05) is 12.6 Å². The predicted molar refractivity (Wildman–Crippen MR) is 61.7 cm³/mol. The number of amides is 1. The van der Waals surface area contributed by atoms with E-state index in [2.05, 4.69) is 15.6 Å². The summed E-state index contributed by atoms with van der Waals surface area (Å²) in [5, 5.41) is 5.99. The van der Waals surface area contributed by atoms with Crippen molar-refractivity contribution in [3.8, 4) is 5.88 Å². The van der Waals surface area contributed by atoms with Gasteiger partial charge in [-0.05, 0) is 19.9 Å². The Bertz CT molecular complexity index is 429. The first kappa shape index (κ1) is 10.7. The Labute approximate surface area is 94.2 Å². The van der Waals surface area contributed by atoms with E-state index in [-0.39, 0.29) is 5.91 Å². The van der Waals surface area contributed by atoms with E-state index in [4.69, 9.17) is 4.74 Å². The molecule has 0 fully saturated rings. The summed E-state index contributed by atoms with van der Waals surface area (Å²) in [6.07, 6.45) is 0. The average molecular weight is 221 g/mol. The number of rotatable bonds is 1. The number of methoxy groups -OCH3 is 1. The first-order valence-electron chi connectivity index (χ1n) is 5.13. The predicted octanol–water partition coefficient (Wildman–Crippen LogP) is 1.48. The molecule has 0 spiro atoms. The van der Waals surface area contributed by atoms with Crippen LogP contribution in [0, 0.1) is 5.41 Å². The zero-order valence-electron chi connectivity index (χ0n) is 9.63. The SMILES string of the molecule is COc1ccc2c(n1)NCC(C)(C)C(=O)N2. The van der Waals surface area contributed by atoms with Gasteiger partial charge in [-0.2, -0.15) is 4.98 Å². The molecule has 2 heterocycles. The van der Waals surface area contributed by atoms with Crippen molar-refractivity contribution in [3.63, 3.8) is 0 Å². The Morgan fingerprint density at radius 2 is 2.19 bits per heavy atom. The van der Waals surface area contributed by atoms with Crippen molar-refractivity contribution in [1.82, 2.24) is 4.98 Å². The highest BCUT2D eigenvalue weighted by Gasteiger charge is 2.31. The quantitative estimate of drug-likeness (QED) is 0.754. The van der Waals surface area contributed by atoms with Gasteiger partial charge in [0.15, 0.2) is 5.82 Å². The van der Waals surface area contributed by atoms with Gasteiger partial charge in [-0.15, -0.1) is 0 Å². The Hall–Kier alpha value is -1.78. The highest BCUT2D eigenvalue weighted by molar-refractivity contribution is 5.98. The zero-order valence-corrected chi connectivity index (χ0v) is 9.63. The van der Waals surface area contributed by atoms with Crippen molar-refractivity contribution in [1.29, 1.82) is 0 Å². The van der Waals surface area contributed by atoms with E-state index in [1.54, 1.807) is 19.2 Å². The Balaban J connectivity index is 2.37. The number of carbonyl (C=O) groups is 1. The summed E-state index contributed by atoms with van der Waals surface area (Å²) in [4.78, 5) is 16.1. The summed E-state index contributed by atoms with van der Waals surface area (Å²) in [6.45, 7) is 4.32. The summed E-state index contributed by atoms with van der Waals surface area (Å²) in [5.41, 5.74) is 0.241. The number of carbonyl (C=O) groups excluding carboxylic acids is 1. The highest BCUT2D eigenvalue weighted by atomic mass is 16.5. The molecule has 1 aromatic heterocycles. The smallest absolute Gasteiger partial charge is 0.231 e. The van der Waals surface area contributed by atoms with E-state index in [0.717, 1.165) is 0 Å². The molecule has 1 aromatic rings. The molecule has 86 valence electrons. The standard InChI is InChI=1S/C11H15N3O2/c1-11(2)6-12-9-7(13-10(11)15)4-5-8(14-9)16-3/h4-5H,6H2,1-3H3,(H,12,14)(H,13,15). The highest BCUT2D eigenvalue weighted by Crippen LogP contribution is 2.29. The van der Waals surface area contributed by atoms with Crippen LogP contribution in [0.1, 0.15) is 13.8 Å². The van der Waals surface area contributed by atoms with E-state index < -0.39 is 5.41 Å². The number of anilines is 2. The van der Waals surface area contributed by atoms with Crippen molar-refractivity contribution in [3.05, 3.63) is 12.1 Å². The second-order valence-electron chi connectivity index (χ2n) is 4.44. The lowest BCUT2D eigenvalue weighted by atomic mass is 9.93. The molecule has 0 unspecified atom stereocenters. The molecule has 5 heteroatoms. The Morgan fingerprint density at radius 1 is 1.44 bits per heavy atom. The van der Waals surface area contributed by atoms with Crippen LogP contribution < -0.4 is 15.4 Å². The van der Waals surface area contributed by atoms with Crippen LogP contribution in [-0.4, -0.2) is 24.5 Å². The van der Waals surface area contributed by atoms with E-state index in [1.165, 1.54) is 0 Å². The molecule has 16 heavy (non-hydrogen) atoms. The number of pyridine rings is 1. The normalized spacial score (nSPS) is 17.8. The van der Waals surface area contributed by atoms with E-state index in [1.807, 2.05) is 13.8 Å². The molecule has 1 aliphatic heterocycles. The number of fused-ring (bicyclic) bond motifs is 1. The van der Waals surface area contributed by atoms with Crippen molar-refractivity contribution in [2.45, 2.75) is 13.8 Å². The third-order valence-electron chi connectivity index (χ3n) is 2.64. The van der Waals surface area contributed by atoms with Gasteiger partial charge >= 0.3 is 0 Å². The molecule has 0 saturated carbocycles. The Kier molecular flexibility index (Phi) is 2.46. The third kappa shape index (κ3) is 1.80. The maximum Gasteiger partial charge on any atom is 0.231 e. The van der Waals surface area contributed by atoms with E-state index in [9.17, 15) is 4.79 Å². The summed E-state index contributed by atoms with van der Waals surface area (Å²) in [5.74, 6) is 1.17. The van der Waals surface area contributed by atoms with Crippen LogP contribution in [0.2, 0.25) is 0 Å². The van der Waals surface area contributed by atoms with Crippen LogP contribution in [0.25, 0.3) is 0 Å². The van der Waals surface area contributed by atoms with Crippen molar-refractivity contribution >= 4 is 17.4 Å². The first-order valence-corrected chi connectivity index (χ1v) is 5.13. The lowest BCUT2D eigenvalue weighted by Gasteiger charge is -2.19. The second-order valence-corrected chi connectivity index (χ2v) is 4.44. The molecule has 0 atom stereocenters. The van der Waals surface area contributed by atoms with Crippen LogP contribution in [0.5, 0.6) is 5.88 Å². The molecule has 1 amide bonds. The third-order valence-corrected chi connectivity index (χ3v) is 2.64. The zero-order chi connectivity index (χ0) is 11.8. The van der Waals surface area contributed by atoms with Crippen LogP contribution >= 0.6 is 0 Å². The molecule has 0 aromatic carbocycles. The lowest BCUT2D eigenvalue weighted by molar-refractivity contribution is -0.123. The number of ether oxygens (including phenoxy) is 1. The average Bonchev–Trinajstić information content (AvgIpc) is 2.37. The van der Waals surface area contributed by atoms with E-state index in [0.29, 0.717) is 23.9 Å². The molecule has 0 bridgehead atoms. The van der Waals surface area contributed by atoms with Crippen LogP contribution in [0.3, 0.4) is 0 Å². The minimum atomic E-state index is -0.450. The van der Waals surface area contributed by atoms with Gasteiger partial charge in [-0.1, -0.05) is 0 Å². The number of aromatic nitrogens is 1. The first-order chi connectivity index (χ1) is 7.53. The number of hydrogen-bond acceptors (Lipinski definition) is 4. The van der Waals surface area contributed by atoms with Crippen molar-refractivity contribution in [2.75, 3.05) is 24.3 Å². The molecule has 5 nitrogen and oxygen atoms in total. The van der Waals surface area contributed by atoms with Gasteiger partial charge in [0.05, 0.1) is 18.2 Å². The fourth-order valence-electron chi connectivity index (χ4n) is 1.47. The summed E-state index contributed by atoms with van der Waals surface area (Å²) < 4.78 is 5.04. The van der Waals surface area contributed by atoms with Crippen LogP contribution in [-0.2, 0) is 4.79 Å². The number of hydrogen-bond donors (Lipinski definition) is 2. The fourth-order valence-corrected chi connectivity index (χ4v) is 1.47. The van der Waals surface area contributed by atoms with Gasteiger partial charge < -0.3 is 15.4 Å². The maximum atomic E-state index is 11.8. The van der Waals surface area contributed by atoms with Gasteiger partial charge in [0.1, 0.15) is 0 Å². The van der Waals surface area contributed by atoms with Gasteiger partial charge in [0.2, 0.25) is 11.8 Å². The molecule has 0 saturated heterocycles. The summed E-state index contributed by atoms with van der Waals surface area (Å²) >= 11 is 0. The fraction of sp³-hybridized carbons (Fsp3) is 0.455. The van der Waals surface area contributed by atoms with Gasteiger partial charge in [0.25, 0.3) is 0 Å². The number of nitrogens with zero attached hydrogens (tertiary/aromatic N) is 1. The van der Waals surface area contributed by atoms with Gasteiger partial charge in [-0.25, -0.2) is 0 Å². The lowest BCUT2D eigenvalue weighted by Crippen LogP contribution is -2.34. The second kappa shape index (κ2) is 3.66. The minimum absolute atomic E-state index is 0.00860. The molecule has 2 N–H and O–H groups in total. The van der Waals surface area contributed by atoms with E-state index >= 15 is 0 Å². The van der Waals surface area contributed by atoms with Crippen molar-refractivity contribution in [2.24, 2.45) is 5.41 Å². The van der Waals surface area contributed by atoms with Crippen LogP contribution in [0.15, 0.2) is 12.1 Å². The molecular weight excluding hydrogens is 206 g/mol. The van der Waals surface area contributed by atoms with Crippen molar-refractivity contribution < 1.29 is 9.53 Å². The topological polar surface area (TPSA) is 63.2 Å². The molecule has 0 aliphatic carbocycles. The molecule has 2 rings (SSSR count). The molecular formula is C11H15N3O2.